The number of nitrogens with one attached hydrogen (secondary N) is 1. The van der Waals surface area contributed by atoms with E-state index in [1.54, 1.807) is 11.3 Å². The molecule has 2 aromatic rings. The van der Waals surface area contributed by atoms with E-state index in [0.717, 1.165) is 16.1 Å². The predicted molar refractivity (Wildman–Crippen MR) is 102 cm³/mol. The first kappa shape index (κ1) is 17.7. The highest BCUT2D eigenvalue weighted by atomic mass is 32.1. The number of hydrogen-bond donors (Lipinski definition) is 1. The number of carbonyl (C=O) groups is 2. The number of amides is 2. The summed E-state index contributed by atoms with van der Waals surface area (Å²) in [7, 11) is 0. The van der Waals surface area contributed by atoms with E-state index in [4.69, 9.17) is 0 Å². The van der Waals surface area contributed by atoms with Crippen LogP contribution in [0.5, 0.6) is 0 Å². The molecule has 2 heterocycles. The number of benzene rings is 1. The van der Waals surface area contributed by atoms with Gasteiger partial charge in [0.15, 0.2) is 0 Å². The van der Waals surface area contributed by atoms with Gasteiger partial charge in [-0.2, -0.15) is 0 Å². The molecule has 132 valence electrons. The van der Waals surface area contributed by atoms with Gasteiger partial charge in [-0.15, -0.1) is 11.3 Å². The van der Waals surface area contributed by atoms with Gasteiger partial charge in [-0.05, 0) is 50.8 Å². The summed E-state index contributed by atoms with van der Waals surface area (Å²) in [6.45, 7) is 5.95. The second-order valence-electron chi connectivity index (χ2n) is 6.87. The van der Waals surface area contributed by atoms with Crippen LogP contribution >= 0.6 is 11.3 Å². The van der Waals surface area contributed by atoms with Crippen molar-refractivity contribution in [1.82, 2.24) is 5.32 Å². The number of rotatable bonds is 4. The van der Waals surface area contributed by atoms with Crippen molar-refractivity contribution in [2.24, 2.45) is 5.92 Å². The van der Waals surface area contributed by atoms with E-state index in [-0.39, 0.29) is 29.8 Å². The van der Waals surface area contributed by atoms with Gasteiger partial charge in [-0.1, -0.05) is 23.8 Å². The molecule has 1 N–H and O–H groups in total. The first-order chi connectivity index (χ1) is 12.0. The van der Waals surface area contributed by atoms with Gasteiger partial charge in [0.2, 0.25) is 11.8 Å². The Labute approximate surface area is 152 Å². The maximum absolute atomic E-state index is 12.8. The smallest absolute Gasteiger partial charge is 0.227 e. The number of piperidine rings is 1. The van der Waals surface area contributed by atoms with Crippen molar-refractivity contribution >= 4 is 28.8 Å². The van der Waals surface area contributed by atoms with E-state index in [2.05, 4.69) is 5.32 Å². The number of nitrogens with zero attached hydrogens (tertiary/aromatic N) is 1. The number of thiophene rings is 1. The minimum absolute atomic E-state index is 0.0259. The highest BCUT2D eigenvalue weighted by molar-refractivity contribution is 7.10. The molecule has 1 aromatic carbocycles. The zero-order chi connectivity index (χ0) is 18.0. The van der Waals surface area contributed by atoms with Crippen molar-refractivity contribution in [3.05, 3.63) is 52.2 Å². The summed E-state index contributed by atoms with van der Waals surface area (Å²) < 4.78 is 0. The van der Waals surface area contributed by atoms with Crippen LogP contribution in [-0.4, -0.2) is 17.9 Å². The van der Waals surface area contributed by atoms with Crippen LogP contribution < -0.4 is 10.2 Å². The normalized spacial score (nSPS) is 20.8. The molecule has 0 radical (unpaired) electrons. The van der Waals surface area contributed by atoms with Crippen molar-refractivity contribution < 1.29 is 9.59 Å². The average Bonchev–Trinajstić information content (AvgIpc) is 3.09. The van der Waals surface area contributed by atoms with Crippen LogP contribution in [0.3, 0.4) is 0 Å². The Hall–Kier alpha value is -2.14. The van der Waals surface area contributed by atoms with Gasteiger partial charge in [-0.3, -0.25) is 9.59 Å². The van der Waals surface area contributed by atoms with E-state index >= 15 is 0 Å². The van der Waals surface area contributed by atoms with Crippen LogP contribution in [0.4, 0.5) is 5.69 Å². The summed E-state index contributed by atoms with van der Waals surface area (Å²) in [5.74, 6) is -0.131. The quantitative estimate of drug-likeness (QED) is 0.898. The Morgan fingerprint density at radius 2 is 1.96 bits per heavy atom. The van der Waals surface area contributed by atoms with Crippen LogP contribution in [0.25, 0.3) is 0 Å². The summed E-state index contributed by atoms with van der Waals surface area (Å²) in [6.07, 6.45) is 0.980. The molecule has 2 unspecified atom stereocenters. The fourth-order valence-electron chi connectivity index (χ4n) is 3.35. The fraction of sp³-hybridized carbons (Fsp3) is 0.400. The van der Waals surface area contributed by atoms with E-state index in [1.165, 1.54) is 0 Å². The van der Waals surface area contributed by atoms with Crippen LogP contribution in [0.2, 0.25) is 0 Å². The maximum atomic E-state index is 12.8. The van der Waals surface area contributed by atoms with Gasteiger partial charge in [0.25, 0.3) is 0 Å². The lowest BCUT2D eigenvalue weighted by Gasteiger charge is -2.40. The number of carbonyl (C=O) groups excluding carboxylic acids is 2. The molecule has 0 aliphatic carbocycles. The first-order valence-electron chi connectivity index (χ1n) is 8.70. The van der Waals surface area contributed by atoms with E-state index in [1.807, 2.05) is 67.4 Å². The average molecular weight is 356 g/mol. The molecule has 1 fully saturated rings. The lowest BCUT2D eigenvalue weighted by Crippen LogP contribution is -2.49. The first-order valence-corrected chi connectivity index (χ1v) is 9.58. The van der Waals surface area contributed by atoms with Gasteiger partial charge in [-0.25, -0.2) is 0 Å². The second-order valence-corrected chi connectivity index (χ2v) is 7.85. The van der Waals surface area contributed by atoms with E-state index in [0.29, 0.717) is 12.8 Å². The standard InChI is InChI=1S/C20H24N2O2S/c1-13(2)21-20(24)16-10-11-18(23)22(15-8-6-14(3)7-9-15)19(16)17-5-4-12-25-17/h4-9,12-13,16,19H,10-11H2,1-3H3,(H,21,24). The Bertz CT molecular complexity index is 738. The molecule has 0 bridgehead atoms. The summed E-state index contributed by atoms with van der Waals surface area (Å²) in [5.41, 5.74) is 2.01. The van der Waals surface area contributed by atoms with Gasteiger partial charge < -0.3 is 10.2 Å². The molecular weight excluding hydrogens is 332 g/mol. The highest BCUT2D eigenvalue weighted by Gasteiger charge is 2.41. The number of aryl methyl sites for hydroxylation is 1. The Kier molecular flexibility index (Phi) is 5.23. The molecule has 3 rings (SSSR count). The van der Waals surface area contributed by atoms with Crippen molar-refractivity contribution in [3.63, 3.8) is 0 Å². The number of anilines is 1. The predicted octanol–water partition coefficient (Wildman–Crippen LogP) is 4.07. The third-order valence-electron chi connectivity index (χ3n) is 4.51. The van der Waals surface area contributed by atoms with Crippen LogP contribution in [0.1, 0.15) is 43.2 Å². The second kappa shape index (κ2) is 7.40. The van der Waals surface area contributed by atoms with Crippen molar-refractivity contribution in [1.29, 1.82) is 0 Å². The molecule has 2 amide bonds. The molecule has 0 spiro atoms. The third kappa shape index (κ3) is 3.76. The van der Waals surface area contributed by atoms with Crippen LogP contribution in [-0.2, 0) is 9.59 Å². The molecular formula is C20H24N2O2S. The Balaban J connectivity index is 2.02. The third-order valence-corrected chi connectivity index (χ3v) is 5.45. The van der Waals surface area contributed by atoms with Crippen LogP contribution in [0.15, 0.2) is 41.8 Å². The zero-order valence-electron chi connectivity index (χ0n) is 14.9. The van der Waals surface area contributed by atoms with Crippen molar-refractivity contribution in [3.8, 4) is 0 Å². The summed E-state index contributed by atoms with van der Waals surface area (Å²) >= 11 is 1.60. The largest absolute Gasteiger partial charge is 0.354 e. The monoisotopic (exact) mass is 356 g/mol. The minimum Gasteiger partial charge on any atom is -0.354 e. The number of hydrogen-bond acceptors (Lipinski definition) is 3. The summed E-state index contributed by atoms with van der Waals surface area (Å²) in [6, 6.07) is 11.8. The SMILES string of the molecule is Cc1ccc(N2C(=O)CCC(C(=O)NC(C)C)C2c2cccs2)cc1. The Morgan fingerprint density at radius 3 is 2.56 bits per heavy atom. The molecule has 1 aromatic heterocycles. The highest BCUT2D eigenvalue weighted by Crippen LogP contribution is 2.41. The summed E-state index contributed by atoms with van der Waals surface area (Å²) in [4.78, 5) is 28.5. The van der Waals surface area contributed by atoms with Gasteiger partial charge >= 0.3 is 0 Å². The molecule has 1 saturated heterocycles. The fourth-order valence-corrected chi connectivity index (χ4v) is 4.23. The molecule has 5 heteroatoms. The lowest BCUT2D eigenvalue weighted by atomic mass is 9.86. The van der Waals surface area contributed by atoms with Crippen LogP contribution in [0, 0.1) is 12.8 Å². The topological polar surface area (TPSA) is 49.4 Å². The molecule has 4 nitrogen and oxygen atoms in total. The molecule has 2 atom stereocenters. The van der Waals surface area contributed by atoms with Gasteiger partial charge in [0.05, 0.1) is 12.0 Å². The molecule has 25 heavy (non-hydrogen) atoms. The molecule has 1 aliphatic heterocycles. The summed E-state index contributed by atoms with van der Waals surface area (Å²) in [5, 5.41) is 5.03. The Morgan fingerprint density at radius 1 is 1.24 bits per heavy atom. The molecule has 0 saturated carbocycles. The van der Waals surface area contributed by atoms with Gasteiger partial charge in [0, 0.05) is 23.0 Å². The zero-order valence-corrected chi connectivity index (χ0v) is 15.7. The van der Waals surface area contributed by atoms with E-state index < -0.39 is 0 Å². The van der Waals surface area contributed by atoms with Crippen molar-refractivity contribution in [2.75, 3.05) is 4.90 Å². The van der Waals surface area contributed by atoms with E-state index in [9.17, 15) is 9.59 Å². The lowest BCUT2D eigenvalue weighted by molar-refractivity contribution is -0.129. The maximum Gasteiger partial charge on any atom is 0.227 e. The molecule has 1 aliphatic rings. The minimum atomic E-state index is -0.247. The van der Waals surface area contributed by atoms with Gasteiger partial charge in [0.1, 0.15) is 0 Å². The van der Waals surface area contributed by atoms with Crippen molar-refractivity contribution in [2.45, 2.75) is 45.7 Å².